The Kier molecular flexibility index (Phi) is 2.33. The fraction of sp³-hybridized carbons (Fsp3) is 0.400. The number of rotatable bonds is 2. The second-order valence-electron chi connectivity index (χ2n) is 3.11. The Morgan fingerprint density at radius 2 is 1.92 bits per heavy atom. The summed E-state index contributed by atoms with van der Waals surface area (Å²) in [6.45, 7) is 1.75. The molecule has 0 aromatic heterocycles. The number of halogens is 1. The first-order chi connectivity index (χ1) is 5.90. The zero-order valence-electron chi connectivity index (χ0n) is 6.79. The molecule has 0 N–H and O–H groups in total. The van der Waals surface area contributed by atoms with Crippen LogP contribution in [-0.4, -0.2) is 13.2 Å². The summed E-state index contributed by atoms with van der Waals surface area (Å²) in [6.07, 6.45) is 0. The molecule has 1 fully saturated rings. The van der Waals surface area contributed by atoms with Crippen LogP contribution in [0.2, 0.25) is 0 Å². The Morgan fingerprint density at radius 3 is 2.33 bits per heavy atom. The van der Waals surface area contributed by atoms with Gasteiger partial charge in [-0.2, -0.15) is 0 Å². The van der Waals surface area contributed by atoms with Gasteiger partial charge in [0.25, 0.3) is 0 Å². The van der Waals surface area contributed by atoms with Crippen LogP contribution in [0.15, 0.2) is 24.3 Å². The molecule has 0 atom stereocenters. The van der Waals surface area contributed by atoms with E-state index < -0.39 is 0 Å². The molecule has 0 aliphatic carbocycles. The second kappa shape index (κ2) is 3.46. The lowest BCUT2D eigenvalue weighted by Crippen LogP contribution is -2.24. The molecule has 1 heterocycles. The van der Waals surface area contributed by atoms with Crippen LogP contribution in [0.3, 0.4) is 0 Å². The SMILES string of the molecule is ClCc1ccc(C2COC2)cc1. The predicted octanol–water partition coefficient (Wildman–Crippen LogP) is 2.54. The maximum absolute atomic E-state index is 5.68. The van der Waals surface area contributed by atoms with Crippen LogP contribution in [0.4, 0.5) is 0 Å². The summed E-state index contributed by atoms with van der Waals surface area (Å²) in [5, 5.41) is 0. The summed E-state index contributed by atoms with van der Waals surface area (Å²) in [5.41, 5.74) is 2.55. The fourth-order valence-corrected chi connectivity index (χ4v) is 1.49. The third-order valence-electron chi connectivity index (χ3n) is 2.24. The van der Waals surface area contributed by atoms with Crippen LogP contribution >= 0.6 is 11.6 Å². The van der Waals surface area contributed by atoms with Gasteiger partial charge in [-0.05, 0) is 11.1 Å². The normalized spacial score (nSPS) is 17.4. The van der Waals surface area contributed by atoms with E-state index in [0.717, 1.165) is 13.2 Å². The van der Waals surface area contributed by atoms with Gasteiger partial charge in [0.05, 0.1) is 13.2 Å². The van der Waals surface area contributed by atoms with Crippen molar-refractivity contribution < 1.29 is 4.74 Å². The Balaban J connectivity index is 2.13. The minimum absolute atomic E-state index is 0.599. The molecule has 64 valence electrons. The van der Waals surface area contributed by atoms with Crippen molar-refractivity contribution in [3.8, 4) is 0 Å². The lowest BCUT2D eigenvalue weighted by Gasteiger charge is -2.26. The lowest BCUT2D eigenvalue weighted by atomic mass is 9.97. The smallest absolute Gasteiger partial charge is 0.0557 e. The Hall–Kier alpha value is -0.530. The van der Waals surface area contributed by atoms with E-state index in [1.54, 1.807) is 0 Å². The van der Waals surface area contributed by atoms with E-state index in [4.69, 9.17) is 16.3 Å². The van der Waals surface area contributed by atoms with Gasteiger partial charge in [-0.15, -0.1) is 11.6 Å². The number of benzene rings is 1. The molecule has 1 aliphatic heterocycles. The van der Waals surface area contributed by atoms with Gasteiger partial charge >= 0.3 is 0 Å². The van der Waals surface area contributed by atoms with Crippen LogP contribution in [-0.2, 0) is 10.6 Å². The van der Waals surface area contributed by atoms with Gasteiger partial charge in [0, 0.05) is 11.8 Å². The Labute approximate surface area is 77.3 Å². The monoisotopic (exact) mass is 182 g/mol. The van der Waals surface area contributed by atoms with Crippen molar-refractivity contribution in [2.75, 3.05) is 13.2 Å². The molecule has 2 heteroatoms. The van der Waals surface area contributed by atoms with Crippen molar-refractivity contribution in [2.24, 2.45) is 0 Å². The highest BCUT2D eigenvalue weighted by molar-refractivity contribution is 6.17. The summed E-state index contributed by atoms with van der Waals surface area (Å²) in [5.74, 6) is 1.22. The van der Waals surface area contributed by atoms with E-state index in [0.29, 0.717) is 11.8 Å². The predicted molar refractivity (Wildman–Crippen MR) is 49.6 cm³/mol. The molecule has 2 rings (SSSR count). The average Bonchev–Trinajstić information content (AvgIpc) is 2.03. The van der Waals surface area contributed by atoms with E-state index in [2.05, 4.69) is 24.3 Å². The summed E-state index contributed by atoms with van der Waals surface area (Å²) < 4.78 is 5.12. The van der Waals surface area contributed by atoms with E-state index in [1.807, 2.05) is 0 Å². The molecule has 1 aromatic rings. The lowest BCUT2D eigenvalue weighted by molar-refractivity contribution is 0.00842. The van der Waals surface area contributed by atoms with Gasteiger partial charge in [-0.3, -0.25) is 0 Å². The number of alkyl halides is 1. The van der Waals surface area contributed by atoms with Gasteiger partial charge < -0.3 is 4.74 Å². The van der Waals surface area contributed by atoms with Gasteiger partial charge in [-0.25, -0.2) is 0 Å². The van der Waals surface area contributed by atoms with Crippen molar-refractivity contribution in [1.29, 1.82) is 0 Å². The molecular formula is C10H11ClO. The highest BCUT2D eigenvalue weighted by atomic mass is 35.5. The zero-order valence-corrected chi connectivity index (χ0v) is 7.55. The van der Waals surface area contributed by atoms with E-state index in [1.165, 1.54) is 11.1 Å². The third-order valence-corrected chi connectivity index (χ3v) is 2.55. The molecule has 1 saturated heterocycles. The zero-order chi connectivity index (χ0) is 8.39. The first-order valence-electron chi connectivity index (χ1n) is 4.12. The highest BCUT2D eigenvalue weighted by Gasteiger charge is 2.19. The fourth-order valence-electron chi connectivity index (χ4n) is 1.31. The molecule has 1 nitrogen and oxygen atoms in total. The number of hydrogen-bond donors (Lipinski definition) is 0. The maximum Gasteiger partial charge on any atom is 0.0557 e. The van der Waals surface area contributed by atoms with Gasteiger partial charge in [0.15, 0.2) is 0 Å². The van der Waals surface area contributed by atoms with Crippen LogP contribution in [0, 0.1) is 0 Å². The molecule has 0 unspecified atom stereocenters. The van der Waals surface area contributed by atoms with Crippen molar-refractivity contribution in [2.45, 2.75) is 11.8 Å². The standard InChI is InChI=1S/C10H11ClO/c11-5-8-1-3-9(4-2-8)10-6-12-7-10/h1-4,10H,5-7H2. The quantitative estimate of drug-likeness (QED) is 0.639. The van der Waals surface area contributed by atoms with Crippen molar-refractivity contribution in [3.63, 3.8) is 0 Å². The molecule has 1 aromatic carbocycles. The summed E-state index contributed by atoms with van der Waals surface area (Å²) in [4.78, 5) is 0. The molecular weight excluding hydrogens is 172 g/mol. The van der Waals surface area contributed by atoms with Crippen molar-refractivity contribution in [1.82, 2.24) is 0 Å². The van der Waals surface area contributed by atoms with Crippen LogP contribution in [0.5, 0.6) is 0 Å². The molecule has 12 heavy (non-hydrogen) atoms. The minimum atomic E-state index is 0.599. The summed E-state index contributed by atoms with van der Waals surface area (Å²) in [7, 11) is 0. The molecule has 0 spiro atoms. The topological polar surface area (TPSA) is 9.23 Å². The van der Waals surface area contributed by atoms with Gasteiger partial charge in [-0.1, -0.05) is 24.3 Å². The highest BCUT2D eigenvalue weighted by Crippen LogP contribution is 2.24. The maximum atomic E-state index is 5.68. The summed E-state index contributed by atoms with van der Waals surface area (Å²) in [6, 6.07) is 8.46. The Bertz CT molecular complexity index is 251. The third kappa shape index (κ3) is 1.47. The Morgan fingerprint density at radius 1 is 1.25 bits per heavy atom. The van der Waals surface area contributed by atoms with E-state index >= 15 is 0 Å². The molecule has 0 radical (unpaired) electrons. The number of ether oxygens (including phenoxy) is 1. The summed E-state index contributed by atoms with van der Waals surface area (Å²) >= 11 is 5.68. The van der Waals surface area contributed by atoms with E-state index in [9.17, 15) is 0 Å². The second-order valence-corrected chi connectivity index (χ2v) is 3.38. The van der Waals surface area contributed by atoms with Crippen molar-refractivity contribution >= 4 is 11.6 Å². The van der Waals surface area contributed by atoms with Crippen LogP contribution in [0.25, 0.3) is 0 Å². The molecule has 0 amide bonds. The first-order valence-corrected chi connectivity index (χ1v) is 4.66. The number of hydrogen-bond acceptors (Lipinski definition) is 1. The van der Waals surface area contributed by atoms with Crippen LogP contribution < -0.4 is 0 Å². The van der Waals surface area contributed by atoms with Gasteiger partial charge in [0.2, 0.25) is 0 Å². The molecule has 0 saturated carbocycles. The molecule has 0 bridgehead atoms. The first kappa shape index (κ1) is 8.09. The van der Waals surface area contributed by atoms with Crippen molar-refractivity contribution in [3.05, 3.63) is 35.4 Å². The average molecular weight is 183 g/mol. The van der Waals surface area contributed by atoms with Crippen LogP contribution in [0.1, 0.15) is 17.0 Å². The minimum Gasteiger partial charge on any atom is -0.380 e. The molecule has 1 aliphatic rings. The van der Waals surface area contributed by atoms with Gasteiger partial charge in [0.1, 0.15) is 0 Å². The van der Waals surface area contributed by atoms with E-state index in [-0.39, 0.29) is 0 Å². The largest absolute Gasteiger partial charge is 0.380 e.